The lowest BCUT2D eigenvalue weighted by atomic mass is 10.4. The Labute approximate surface area is 68.6 Å². The first-order valence-corrected chi connectivity index (χ1v) is 3.36. The number of aromatic nitrogens is 2. The van der Waals surface area contributed by atoms with Crippen molar-refractivity contribution in [3.05, 3.63) is 16.9 Å². The molecule has 0 atom stereocenters. The van der Waals surface area contributed by atoms with Crippen LogP contribution in [-0.2, 0) is 14.1 Å². The molecule has 1 heterocycles. The van der Waals surface area contributed by atoms with Crippen molar-refractivity contribution in [2.24, 2.45) is 14.1 Å². The smallest absolute Gasteiger partial charge is 0.403 e. The van der Waals surface area contributed by atoms with E-state index in [-0.39, 0.29) is 5.69 Å². The van der Waals surface area contributed by atoms with Gasteiger partial charge in [0, 0.05) is 0 Å². The highest BCUT2D eigenvalue weighted by atomic mass is 35.5. The molecule has 1 aromatic heterocycles. The predicted molar refractivity (Wildman–Crippen MR) is 38.6 cm³/mol. The van der Waals surface area contributed by atoms with Crippen LogP contribution in [0.1, 0.15) is 10.5 Å². The molecule has 0 fully saturated rings. The van der Waals surface area contributed by atoms with E-state index in [2.05, 4.69) is 0 Å². The number of nitrogens with zero attached hydrogens (tertiary/aromatic N) is 2. The summed E-state index contributed by atoms with van der Waals surface area (Å²) < 4.78 is 3.01. The fraction of sp³-hybridized carbons (Fsp3) is 0.333. The number of rotatable bonds is 1. The summed E-state index contributed by atoms with van der Waals surface area (Å²) in [7, 11) is 3.32. The van der Waals surface area contributed by atoms with Crippen LogP contribution in [0.4, 0.5) is 0 Å². The molecular weight excluding hydrogens is 168 g/mol. The Bertz CT molecular complexity index is 306. The van der Waals surface area contributed by atoms with E-state index < -0.39 is 5.97 Å². The van der Waals surface area contributed by atoms with Gasteiger partial charge in [0.05, 0.1) is 13.1 Å². The molecule has 0 aliphatic carbocycles. The van der Waals surface area contributed by atoms with Crippen molar-refractivity contribution in [1.29, 1.82) is 0 Å². The summed E-state index contributed by atoms with van der Waals surface area (Å²) in [5.41, 5.74) is 0.178. The number of halogens is 1. The summed E-state index contributed by atoms with van der Waals surface area (Å²) in [5, 5.41) is 9.02. The summed E-state index contributed by atoms with van der Waals surface area (Å²) in [6.07, 6.45) is 0. The van der Waals surface area contributed by atoms with Crippen LogP contribution in [0.25, 0.3) is 0 Å². The third-order valence-corrected chi connectivity index (χ3v) is 1.94. The minimum Gasteiger partial charge on any atom is -0.473 e. The van der Waals surface area contributed by atoms with Crippen LogP contribution in [0.5, 0.6) is 0 Å². The molecule has 0 saturated carbocycles. The molecule has 0 radical (unpaired) electrons. The molecule has 0 bridgehead atoms. The van der Waals surface area contributed by atoms with Crippen molar-refractivity contribution in [1.82, 2.24) is 4.68 Å². The second-order valence-corrected chi connectivity index (χ2v) is 2.59. The fourth-order valence-corrected chi connectivity index (χ4v) is 1.02. The summed E-state index contributed by atoms with van der Waals surface area (Å²) >= 11 is 5.66. The van der Waals surface area contributed by atoms with Crippen molar-refractivity contribution in [3.8, 4) is 0 Å². The van der Waals surface area contributed by atoms with E-state index in [1.54, 1.807) is 18.8 Å². The van der Waals surface area contributed by atoms with Gasteiger partial charge in [0.15, 0.2) is 12.2 Å². The summed E-state index contributed by atoms with van der Waals surface area (Å²) in [5.74, 6) is -0.977. The lowest BCUT2D eigenvalue weighted by molar-refractivity contribution is -0.752. The molecule has 1 N–H and O–H groups in total. The highest BCUT2D eigenvalue weighted by Crippen LogP contribution is 2.06. The van der Waals surface area contributed by atoms with E-state index in [9.17, 15) is 4.79 Å². The number of carboxylic acid groups (broad SMARTS) is 1. The molecule has 11 heavy (non-hydrogen) atoms. The van der Waals surface area contributed by atoms with Crippen molar-refractivity contribution in [2.45, 2.75) is 0 Å². The molecule has 0 aliphatic heterocycles. The average molecular weight is 176 g/mol. The van der Waals surface area contributed by atoms with Crippen LogP contribution in [0.15, 0.2) is 6.07 Å². The fourth-order valence-electron chi connectivity index (χ4n) is 0.805. The molecule has 1 aromatic rings. The van der Waals surface area contributed by atoms with E-state index in [0.29, 0.717) is 5.15 Å². The molecule has 0 aliphatic rings. The molecule has 4 nitrogen and oxygen atoms in total. The van der Waals surface area contributed by atoms with Crippen LogP contribution in [0.3, 0.4) is 0 Å². The maximum Gasteiger partial charge on any atom is 0.403 e. The normalized spacial score (nSPS) is 10.1. The molecule has 0 aromatic carbocycles. The van der Waals surface area contributed by atoms with Crippen LogP contribution in [0, 0.1) is 0 Å². The van der Waals surface area contributed by atoms with Gasteiger partial charge in [-0.3, -0.25) is 0 Å². The van der Waals surface area contributed by atoms with E-state index in [4.69, 9.17) is 16.7 Å². The monoisotopic (exact) mass is 175 g/mol. The third kappa shape index (κ3) is 1.21. The predicted octanol–water partition coefficient (Wildman–Crippen LogP) is 0.201. The van der Waals surface area contributed by atoms with Gasteiger partial charge >= 0.3 is 11.7 Å². The van der Waals surface area contributed by atoms with Gasteiger partial charge in [-0.2, -0.15) is 0 Å². The minimum atomic E-state index is -0.977. The van der Waals surface area contributed by atoms with Crippen LogP contribution >= 0.6 is 11.6 Å². The van der Waals surface area contributed by atoms with Gasteiger partial charge < -0.3 is 5.11 Å². The van der Waals surface area contributed by atoms with E-state index in [1.165, 1.54) is 10.7 Å². The Balaban J connectivity index is 3.29. The van der Waals surface area contributed by atoms with Gasteiger partial charge in [-0.25, -0.2) is 4.79 Å². The van der Waals surface area contributed by atoms with E-state index in [1.807, 2.05) is 0 Å². The Morgan fingerprint density at radius 3 is 2.55 bits per heavy atom. The van der Waals surface area contributed by atoms with Crippen LogP contribution < -0.4 is 4.68 Å². The van der Waals surface area contributed by atoms with Gasteiger partial charge in [0.2, 0.25) is 0 Å². The van der Waals surface area contributed by atoms with Crippen LogP contribution in [0.2, 0.25) is 5.15 Å². The zero-order valence-corrected chi connectivity index (χ0v) is 6.96. The van der Waals surface area contributed by atoms with Crippen LogP contribution in [-0.4, -0.2) is 15.8 Å². The Morgan fingerprint density at radius 2 is 2.36 bits per heavy atom. The number of hydrogen-bond acceptors (Lipinski definition) is 1. The lowest BCUT2D eigenvalue weighted by Gasteiger charge is -1.89. The highest BCUT2D eigenvalue weighted by molar-refractivity contribution is 6.29. The zero-order chi connectivity index (χ0) is 8.59. The maximum atomic E-state index is 10.5. The van der Waals surface area contributed by atoms with Crippen molar-refractivity contribution in [3.63, 3.8) is 0 Å². The summed E-state index contributed by atoms with van der Waals surface area (Å²) in [6, 6.07) is 1.41. The topological polar surface area (TPSA) is 46.1 Å². The first-order valence-electron chi connectivity index (χ1n) is 2.99. The lowest BCUT2D eigenvalue weighted by Crippen LogP contribution is -2.42. The summed E-state index contributed by atoms with van der Waals surface area (Å²) in [6.45, 7) is 0. The number of hydrogen-bond donors (Lipinski definition) is 1. The molecular formula is C6H8ClN2O2+. The summed E-state index contributed by atoms with van der Waals surface area (Å²) in [4.78, 5) is 10.5. The maximum absolute atomic E-state index is 10.5. The molecule has 1 rings (SSSR count). The zero-order valence-electron chi connectivity index (χ0n) is 6.21. The Morgan fingerprint density at radius 1 is 1.82 bits per heavy atom. The van der Waals surface area contributed by atoms with Crippen molar-refractivity contribution >= 4 is 17.6 Å². The third-order valence-electron chi connectivity index (χ3n) is 1.58. The van der Waals surface area contributed by atoms with Gasteiger partial charge in [-0.1, -0.05) is 11.6 Å². The van der Waals surface area contributed by atoms with Gasteiger partial charge in [-0.05, 0) is 0 Å². The molecule has 60 valence electrons. The minimum absolute atomic E-state index is 0.178. The number of aromatic carboxylic acids is 1. The molecule has 5 heteroatoms. The second kappa shape index (κ2) is 2.54. The van der Waals surface area contributed by atoms with E-state index >= 15 is 0 Å². The number of carboxylic acids is 1. The molecule has 0 unspecified atom stereocenters. The standard InChI is InChI=1S/C6H7ClN2O2/c1-8-4(6(10)11)3-5(7)9(8)2/h3H,1-2H3/p+1. The number of carbonyl (C=O) groups is 1. The highest BCUT2D eigenvalue weighted by Gasteiger charge is 2.21. The molecule has 0 amide bonds. The first-order chi connectivity index (χ1) is 5.04. The van der Waals surface area contributed by atoms with Gasteiger partial charge in [0.1, 0.15) is 0 Å². The molecule has 0 saturated heterocycles. The van der Waals surface area contributed by atoms with Gasteiger partial charge in [-0.15, -0.1) is 9.36 Å². The Kier molecular flexibility index (Phi) is 1.87. The largest absolute Gasteiger partial charge is 0.473 e. The van der Waals surface area contributed by atoms with Gasteiger partial charge in [0.25, 0.3) is 0 Å². The quantitative estimate of drug-likeness (QED) is 0.620. The van der Waals surface area contributed by atoms with Crippen molar-refractivity contribution < 1.29 is 14.6 Å². The van der Waals surface area contributed by atoms with E-state index in [0.717, 1.165) is 0 Å². The van der Waals surface area contributed by atoms with Crippen molar-refractivity contribution in [2.75, 3.05) is 0 Å². The molecule has 0 spiro atoms. The first kappa shape index (κ1) is 8.07. The SMILES string of the molecule is Cn1c(Cl)cc(C(=O)O)[n+]1C. The Hall–Kier alpha value is -1.03. The second-order valence-electron chi connectivity index (χ2n) is 2.20. The average Bonchev–Trinajstić information content (AvgIpc) is 2.17.